The van der Waals surface area contributed by atoms with Crippen molar-refractivity contribution in [1.82, 2.24) is 25.1 Å². The zero-order valence-corrected chi connectivity index (χ0v) is 23.1. The van der Waals surface area contributed by atoms with Crippen LogP contribution in [0.3, 0.4) is 0 Å². The molecule has 2 fully saturated rings. The largest absolute Gasteiger partial charge is 0.355 e. The van der Waals surface area contributed by atoms with Crippen LogP contribution >= 0.6 is 11.6 Å². The number of amides is 2. The van der Waals surface area contributed by atoms with Crippen LogP contribution in [0.4, 0.5) is 5.82 Å². The summed E-state index contributed by atoms with van der Waals surface area (Å²) < 4.78 is 0. The number of likely N-dealkylation sites (N-methyl/N-ethyl adjacent to an activating group) is 1. The molecule has 0 saturated carbocycles. The van der Waals surface area contributed by atoms with E-state index in [-0.39, 0.29) is 23.8 Å². The van der Waals surface area contributed by atoms with Crippen LogP contribution in [-0.2, 0) is 4.79 Å². The van der Waals surface area contributed by atoms with Gasteiger partial charge in [0.2, 0.25) is 5.91 Å². The maximum Gasteiger partial charge on any atom is 0.251 e. The van der Waals surface area contributed by atoms with Crippen molar-refractivity contribution in [3.8, 4) is 11.1 Å². The Balaban J connectivity index is 1.31. The Labute approximate surface area is 235 Å². The van der Waals surface area contributed by atoms with Gasteiger partial charge in [-0.1, -0.05) is 23.7 Å². The van der Waals surface area contributed by atoms with Crippen molar-refractivity contribution >= 4 is 29.2 Å². The van der Waals surface area contributed by atoms with Gasteiger partial charge in [-0.2, -0.15) is 0 Å². The first-order chi connectivity index (χ1) is 19.0. The van der Waals surface area contributed by atoms with E-state index in [9.17, 15) is 9.59 Å². The molecule has 2 unspecified atom stereocenters. The van der Waals surface area contributed by atoms with E-state index in [4.69, 9.17) is 16.6 Å². The Morgan fingerprint density at radius 1 is 1.00 bits per heavy atom. The standard InChI is InChI=1S/C30H35ClN6O2/c1-35-12-4-13-36(16-15-35)29(38)18-22-10-14-37(21-27(22)34-30(39)23-5-2-7-26(31)17-23)28-9-8-25(20-33-28)24-6-3-11-32-19-24/h2-3,5-9,11,17,19-20,22,27H,4,10,12-16,18,21H2,1H3,(H,34,39). The first kappa shape index (κ1) is 27.1. The molecule has 1 aromatic carbocycles. The van der Waals surface area contributed by atoms with Crippen LogP contribution in [0.25, 0.3) is 11.1 Å². The zero-order valence-electron chi connectivity index (χ0n) is 22.3. The van der Waals surface area contributed by atoms with E-state index in [2.05, 4.69) is 27.1 Å². The lowest BCUT2D eigenvalue weighted by Crippen LogP contribution is -2.54. The average Bonchev–Trinajstić information content (AvgIpc) is 3.19. The highest BCUT2D eigenvalue weighted by atomic mass is 35.5. The fourth-order valence-electron chi connectivity index (χ4n) is 5.42. The van der Waals surface area contributed by atoms with Gasteiger partial charge >= 0.3 is 0 Å². The molecule has 39 heavy (non-hydrogen) atoms. The van der Waals surface area contributed by atoms with Crippen molar-refractivity contribution < 1.29 is 9.59 Å². The fraction of sp³-hybridized carbons (Fsp3) is 0.400. The molecule has 5 rings (SSSR count). The third-order valence-electron chi connectivity index (χ3n) is 7.73. The molecule has 2 atom stereocenters. The van der Waals surface area contributed by atoms with E-state index in [1.54, 1.807) is 30.5 Å². The quantitative estimate of drug-likeness (QED) is 0.504. The topological polar surface area (TPSA) is 81.7 Å². The molecule has 0 radical (unpaired) electrons. The molecule has 4 heterocycles. The lowest BCUT2D eigenvalue weighted by atomic mass is 9.87. The van der Waals surface area contributed by atoms with Crippen molar-refractivity contribution in [2.75, 3.05) is 51.2 Å². The fourth-order valence-corrected chi connectivity index (χ4v) is 5.61. The molecular weight excluding hydrogens is 512 g/mol. The summed E-state index contributed by atoms with van der Waals surface area (Å²) in [7, 11) is 2.10. The number of carbonyl (C=O) groups excluding carboxylic acids is 2. The molecule has 204 valence electrons. The van der Waals surface area contributed by atoms with Crippen molar-refractivity contribution in [2.24, 2.45) is 5.92 Å². The van der Waals surface area contributed by atoms with E-state index < -0.39 is 0 Å². The normalized spacial score (nSPS) is 20.4. The van der Waals surface area contributed by atoms with Gasteiger partial charge in [0, 0.05) is 79.4 Å². The number of rotatable bonds is 6. The van der Waals surface area contributed by atoms with Gasteiger partial charge in [-0.3, -0.25) is 14.6 Å². The monoisotopic (exact) mass is 546 g/mol. The highest BCUT2D eigenvalue weighted by Gasteiger charge is 2.34. The molecule has 2 saturated heterocycles. The van der Waals surface area contributed by atoms with Gasteiger partial charge in [0.15, 0.2) is 0 Å². The number of benzene rings is 1. The maximum absolute atomic E-state index is 13.3. The Kier molecular flexibility index (Phi) is 8.74. The molecule has 8 nitrogen and oxygen atoms in total. The average molecular weight is 547 g/mol. The Morgan fingerprint density at radius 3 is 2.64 bits per heavy atom. The second kappa shape index (κ2) is 12.6. The van der Waals surface area contributed by atoms with Crippen LogP contribution in [0.5, 0.6) is 0 Å². The summed E-state index contributed by atoms with van der Waals surface area (Å²) in [5, 5.41) is 3.74. The van der Waals surface area contributed by atoms with Gasteiger partial charge in [-0.05, 0) is 68.8 Å². The number of pyridine rings is 2. The molecule has 1 N–H and O–H groups in total. The van der Waals surface area contributed by atoms with Crippen molar-refractivity contribution in [3.63, 3.8) is 0 Å². The van der Waals surface area contributed by atoms with E-state index in [1.807, 2.05) is 41.6 Å². The van der Waals surface area contributed by atoms with Crippen LogP contribution in [0.1, 0.15) is 29.6 Å². The predicted octanol–water partition coefficient (Wildman–Crippen LogP) is 3.98. The number of hydrogen-bond donors (Lipinski definition) is 1. The number of carbonyl (C=O) groups is 2. The Morgan fingerprint density at radius 2 is 1.87 bits per heavy atom. The van der Waals surface area contributed by atoms with E-state index >= 15 is 0 Å². The molecule has 0 bridgehead atoms. The molecule has 2 aliphatic heterocycles. The van der Waals surface area contributed by atoms with Crippen LogP contribution in [0.2, 0.25) is 5.02 Å². The molecule has 0 spiro atoms. The number of anilines is 1. The highest BCUT2D eigenvalue weighted by Crippen LogP contribution is 2.27. The van der Waals surface area contributed by atoms with Crippen molar-refractivity contribution in [3.05, 3.63) is 77.7 Å². The first-order valence-corrected chi connectivity index (χ1v) is 14.0. The number of aromatic nitrogens is 2. The molecule has 2 amide bonds. The van der Waals surface area contributed by atoms with Gasteiger partial charge in [-0.15, -0.1) is 0 Å². The summed E-state index contributed by atoms with van der Waals surface area (Å²) in [5.74, 6) is 0.875. The predicted molar refractivity (Wildman–Crippen MR) is 154 cm³/mol. The van der Waals surface area contributed by atoms with Crippen LogP contribution in [0.15, 0.2) is 67.1 Å². The first-order valence-electron chi connectivity index (χ1n) is 13.6. The van der Waals surface area contributed by atoms with E-state index in [0.717, 1.165) is 62.5 Å². The van der Waals surface area contributed by atoms with Gasteiger partial charge in [0.25, 0.3) is 5.91 Å². The van der Waals surface area contributed by atoms with E-state index in [0.29, 0.717) is 23.6 Å². The molecule has 0 aliphatic carbocycles. The van der Waals surface area contributed by atoms with Gasteiger partial charge in [0.05, 0.1) is 6.04 Å². The zero-order chi connectivity index (χ0) is 27.2. The number of piperidine rings is 1. The third kappa shape index (κ3) is 6.94. The third-order valence-corrected chi connectivity index (χ3v) is 7.97. The molecule has 9 heteroatoms. The smallest absolute Gasteiger partial charge is 0.251 e. The molecular formula is C30H35ClN6O2. The lowest BCUT2D eigenvalue weighted by Gasteiger charge is -2.40. The van der Waals surface area contributed by atoms with Crippen LogP contribution in [0, 0.1) is 5.92 Å². The molecule has 2 aliphatic rings. The molecule has 3 aromatic rings. The summed E-state index contributed by atoms with van der Waals surface area (Å²) in [5.41, 5.74) is 2.53. The number of hydrogen-bond acceptors (Lipinski definition) is 6. The van der Waals surface area contributed by atoms with Crippen LogP contribution in [-0.4, -0.2) is 83.9 Å². The number of nitrogens with one attached hydrogen (secondary N) is 1. The summed E-state index contributed by atoms with van der Waals surface area (Å²) in [4.78, 5) is 41.9. The van der Waals surface area contributed by atoms with Gasteiger partial charge in [-0.25, -0.2) is 4.98 Å². The number of halogens is 1. The minimum Gasteiger partial charge on any atom is -0.355 e. The Hall–Kier alpha value is -3.49. The molecule has 2 aromatic heterocycles. The summed E-state index contributed by atoms with van der Waals surface area (Å²) in [6.07, 6.45) is 7.62. The SMILES string of the molecule is CN1CCCN(C(=O)CC2CCN(c3ccc(-c4cccnc4)cn3)CC2NC(=O)c2cccc(Cl)c2)CC1. The van der Waals surface area contributed by atoms with Gasteiger partial charge in [0.1, 0.15) is 5.82 Å². The highest BCUT2D eigenvalue weighted by molar-refractivity contribution is 6.30. The van der Waals surface area contributed by atoms with E-state index in [1.165, 1.54) is 0 Å². The van der Waals surface area contributed by atoms with Crippen molar-refractivity contribution in [1.29, 1.82) is 0 Å². The lowest BCUT2D eigenvalue weighted by molar-refractivity contribution is -0.132. The van der Waals surface area contributed by atoms with Crippen LogP contribution < -0.4 is 10.2 Å². The summed E-state index contributed by atoms with van der Waals surface area (Å²) in [6, 6.07) is 14.7. The minimum atomic E-state index is -0.205. The van der Waals surface area contributed by atoms with Crippen molar-refractivity contribution in [2.45, 2.75) is 25.3 Å². The Bertz CT molecular complexity index is 1270. The summed E-state index contributed by atoms with van der Waals surface area (Å²) in [6.45, 7) is 4.78. The maximum atomic E-state index is 13.3. The number of nitrogens with zero attached hydrogens (tertiary/aromatic N) is 5. The summed E-state index contributed by atoms with van der Waals surface area (Å²) >= 11 is 6.14. The minimum absolute atomic E-state index is 0.0348. The van der Waals surface area contributed by atoms with Gasteiger partial charge < -0.3 is 20.0 Å². The second-order valence-corrected chi connectivity index (χ2v) is 10.9. The second-order valence-electron chi connectivity index (χ2n) is 10.5.